The lowest BCUT2D eigenvalue weighted by Gasteiger charge is -2.15. The molecule has 1 aromatic heterocycles. The fourth-order valence-electron chi connectivity index (χ4n) is 3.49. The van der Waals surface area contributed by atoms with E-state index in [1.165, 1.54) is 4.31 Å². The van der Waals surface area contributed by atoms with Gasteiger partial charge in [0.2, 0.25) is 15.9 Å². The highest BCUT2D eigenvalue weighted by molar-refractivity contribution is 7.98. The second-order valence-corrected chi connectivity index (χ2v) is 9.92. The van der Waals surface area contributed by atoms with Crippen LogP contribution in [0.25, 0.3) is 11.0 Å². The molecular weight excluding hydrogens is 422 g/mol. The van der Waals surface area contributed by atoms with Crippen molar-refractivity contribution in [1.29, 1.82) is 0 Å². The summed E-state index contributed by atoms with van der Waals surface area (Å²) in [5.41, 5.74) is 1.96. The molecule has 0 spiro atoms. The molecule has 1 fully saturated rings. The number of fused-ring (bicyclic) bond motifs is 1. The van der Waals surface area contributed by atoms with Crippen molar-refractivity contribution in [2.75, 3.05) is 24.7 Å². The molecule has 1 saturated heterocycles. The fraction of sp³-hybridized carbons (Fsp3) is 0.350. The van der Waals surface area contributed by atoms with E-state index >= 15 is 0 Å². The Morgan fingerprint density at radius 2 is 1.97 bits per heavy atom. The molecule has 0 unspecified atom stereocenters. The number of aromatic nitrogens is 3. The minimum Gasteiger partial charge on any atom is -0.326 e. The van der Waals surface area contributed by atoms with Gasteiger partial charge in [0.1, 0.15) is 5.52 Å². The molecule has 1 aliphatic heterocycles. The van der Waals surface area contributed by atoms with E-state index in [-0.39, 0.29) is 17.2 Å². The zero-order chi connectivity index (χ0) is 21.1. The third-order valence-corrected chi connectivity index (χ3v) is 7.71. The summed E-state index contributed by atoms with van der Waals surface area (Å²) in [6.07, 6.45) is 4.00. The normalized spacial score (nSPS) is 15.0. The van der Waals surface area contributed by atoms with Gasteiger partial charge >= 0.3 is 0 Å². The molecule has 0 radical (unpaired) electrons. The number of benzene rings is 2. The number of nitrogens with one attached hydrogen (secondary N) is 1. The smallest absolute Gasteiger partial charge is 0.243 e. The largest absolute Gasteiger partial charge is 0.326 e. The minimum absolute atomic E-state index is 0.120. The van der Waals surface area contributed by atoms with Crippen LogP contribution in [0.5, 0.6) is 0 Å². The number of thioether (sulfide) groups is 1. The van der Waals surface area contributed by atoms with Crippen molar-refractivity contribution >= 4 is 44.4 Å². The van der Waals surface area contributed by atoms with Crippen LogP contribution in [-0.4, -0.2) is 53.0 Å². The van der Waals surface area contributed by atoms with Crippen molar-refractivity contribution in [3.8, 4) is 0 Å². The Morgan fingerprint density at radius 1 is 1.17 bits per heavy atom. The lowest BCUT2D eigenvalue weighted by molar-refractivity contribution is -0.116. The summed E-state index contributed by atoms with van der Waals surface area (Å²) < 4.78 is 28.6. The molecule has 3 aromatic rings. The maximum atomic E-state index is 12.7. The maximum absolute atomic E-state index is 12.7. The summed E-state index contributed by atoms with van der Waals surface area (Å²) in [4.78, 5) is 13.6. The van der Waals surface area contributed by atoms with Gasteiger partial charge in [0.15, 0.2) is 0 Å². The first-order valence-corrected chi connectivity index (χ1v) is 12.4. The quantitative estimate of drug-likeness (QED) is 0.562. The predicted octanol–water partition coefficient (Wildman–Crippen LogP) is 2.97. The number of hydrogen-bond donors (Lipinski definition) is 1. The number of nitrogens with zero attached hydrogens (tertiary/aromatic N) is 4. The standard InChI is InChI=1S/C20H23N5O3S2/c1-29-16-6-4-5-15(13-16)21-20(26)9-12-25-19-8-7-17(14-18(19)22-23-25)30(27,28)24-10-2-3-11-24/h4-8,13-14H,2-3,9-12H2,1H3,(H,21,26). The third-order valence-electron chi connectivity index (χ3n) is 5.09. The summed E-state index contributed by atoms with van der Waals surface area (Å²) in [5, 5.41) is 11.1. The second-order valence-electron chi connectivity index (χ2n) is 7.10. The van der Waals surface area contributed by atoms with Crippen LogP contribution in [0.1, 0.15) is 19.3 Å². The van der Waals surface area contributed by atoms with Crippen molar-refractivity contribution in [3.05, 3.63) is 42.5 Å². The van der Waals surface area contributed by atoms with Crippen molar-refractivity contribution in [1.82, 2.24) is 19.3 Å². The molecule has 2 aromatic carbocycles. The average molecular weight is 446 g/mol. The van der Waals surface area contributed by atoms with Gasteiger partial charge < -0.3 is 5.32 Å². The van der Waals surface area contributed by atoms with Crippen LogP contribution in [-0.2, 0) is 21.4 Å². The number of rotatable bonds is 7. The molecule has 0 atom stereocenters. The summed E-state index contributed by atoms with van der Waals surface area (Å²) in [6.45, 7) is 1.47. The van der Waals surface area contributed by atoms with Gasteiger partial charge in [-0.1, -0.05) is 11.3 Å². The number of anilines is 1. The molecule has 0 saturated carbocycles. The van der Waals surface area contributed by atoms with Crippen LogP contribution in [0.15, 0.2) is 52.3 Å². The topological polar surface area (TPSA) is 97.2 Å². The van der Waals surface area contributed by atoms with Gasteiger partial charge in [-0.05, 0) is 55.5 Å². The van der Waals surface area contributed by atoms with E-state index < -0.39 is 10.0 Å². The molecule has 1 aliphatic rings. The molecule has 2 heterocycles. The molecule has 1 N–H and O–H groups in total. The number of carbonyl (C=O) groups excluding carboxylic acids is 1. The summed E-state index contributed by atoms with van der Waals surface area (Å²) in [5.74, 6) is -0.120. The van der Waals surface area contributed by atoms with Gasteiger partial charge in [-0.25, -0.2) is 13.1 Å². The van der Waals surface area contributed by atoms with Gasteiger partial charge in [-0.15, -0.1) is 16.9 Å². The van der Waals surface area contributed by atoms with E-state index in [4.69, 9.17) is 0 Å². The summed E-state index contributed by atoms with van der Waals surface area (Å²) >= 11 is 1.61. The predicted molar refractivity (Wildman–Crippen MR) is 117 cm³/mol. The van der Waals surface area contributed by atoms with Gasteiger partial charge in [0.05, 0.1) is 17.0 Å². The second kappa shape index (κ2) is 8.75. The Hall–Kier alpha value is -2.43. The van der Waals surface area contributed by atoms with E-state index in [2.05, 4.69) is 15.6 Å². The van der Waals surface area contributed by atoms with E-state index in [0.29, 0.717) is 30.7 Å². The highest BCUT2D eigenvalue weighted by atomic mass is 32.2. The Morgan fingerprint density at radius 3 is 2.73 bits per heavy atom. The summed E-state index contributed by atoms with van der Waals surface area (Å²) in [6, 6.07) is 12.5. The van der Waals surface area contributed by atoms with E-state index in [1.54, 1.807) is 34.6 Å². The van der Waals surface area contributed by atoms with Crippen LogP contribution in [0.2, 0.25) is 0 Å². The third kappa shape index (κ3) is 4.35. The first-order valence-electron chi connectivity index (χ1n) is 9.75. The van der Waals surface area contributed by atoms with Gasteiger partial charge in [0.25, 0.3) is 0 Å². The Bertz CT molecular complexity index is 1170. The van der Waals surface area contributed by atoms with Gasteiger partial charge in [-0.3, -0.25) is 4.79 Å². The Labute approximate surface area is 179 Å². The van der Waals surface area contributed by atoms with Crippen molar-refractivity contribution < 1.29 is 13.2 Å². The van der Waals surface area contributed by atoms with E-state index in [9.17, 15) is 13.2 Å². The van der Waals surface area contributed by atoms with Crippen LogP contribution in [0.3, 0.4) is 0 Å². The number of sulfonamides is 1. The monoisotopic (exact) mass is 445 g/mol. The lowest BCUT2D eigenvalue weighted by Crippen LogP contribution is -2.27. The highest BCUT2D eigenvalue weighted by Crippen LogP contribution is 2.24. The lowest BCUT2D eigenvalue weighted by atomic mass is 10.3. The molecule has 30 heavy (non-hydrogen) atoms. The SMILES string of the molecule is CSc1cccc(NC(=O)CCn2nnc3cc(S(=O)(=O)N4CCCC4)ccc32)c1. The maximum Gasteiger partial charge on any atom is 0.243 e. The molecule has 0 bridgehead atoms. The van der Waals surface area contributed by atoms with Crippen LogP contribution in [0, 0.1) is 0 Å². The van der Waals surface area contributed by atoms with E-state index in [0.717, 1.165) is 23.4 Å². The summed E-state index contributed by atoms with van der Waals surface area (Å²) in [7, 11) is -3.50. The molecule has 10 heteroatoms. The minimum atomic E-state index is -3.50. The van der Waals surface area contributed by atoms with Gasteiger partial charge in [-0.2, -0.15) is 4.31 Å². The molecule has 0 aliphatic carbocycles. The van der Waals surface area contributed by atoms with Crippen LogP contribution in [0.4, 0.5) is 5.69 Å². The van der Waals surface area contributed by atoms with E-state index in [1.807, 2.05) is 30.5 Å². The highest BCUT2D eigenvalue weighted by Gasteiger charge is 2.27. The Kier molecular flexibility index (Phi) is 6.07. The first-order chi connectivity index (χ1) is 14.5. The molecule has 8 nitrogen and oxygen atoms in total. The molecule has 4 rings (SSSR count). The molecule has 1 amide bonds. The molecular formula is C20H23N5O3S2. The fourth-order valence-corrected chi connectivity index (χ4v) is 5.48. The number of aryl methyl sites for hydroxylation is 1. The van der Waals surface area contributed by atoms with Crippen molar-refractivity contribution in [2.24, 2.45) is 0 Å². The average Bonchev–Trinajstić information content (AvgIpc) is 3.42. The van der Waals surface area contributed by atoms with Crippen molar-refractivity contribution in [2.45, 2.75) is 35.6 Å². The van der Waals surface area contributed by atoms with Crippen molar-refractivity contribution in [3.63, 3.8) is 0 Å². The Balaban J connectivity index is 1.44. The van der Waals surface area contributed by atoms with Crippen LogP contribution >= 0.6 is 11.8 Å². The zero-order valence-corrected chi connectivity index (χ0v) is 18.2. The number of carbonyl (C=O) groups is 1. The first kappa shape index (κ1) is 20.8. The number of hydrogen-bond acceptors (Lipinski definition) is 6. The molecule has 158 valence electrons. The number of amides is 1. The zero-order valence-electron chi connectivity index (χ0n) is 16.6. The van der Waals surface area contributed by atoms with Gasteiger partial charge in [0, 0.05) is 30.1 Å². The van der Waals surface area contributed by atoms with Crippen LogP contribution < -0.4 is 5.32 Å².